The summed E-state index contributed by atoms with van der Waals surface area (Å²) in [6.07, 6.45) is -0.231. The first kappa shape index (κ1) is 21.0. The Hall–Kier alpha value is -2.28. The molecule has 1 aromatic carbocycles. The van der Waals surface area contributed by atoms with Crippen molar-refractivity contribution in [2.24, 2.45) is 0 Å². The van der Waals surface area contributed by atoms with Gasteiger partial charge in [-0.05, 0) is 32.8 Å². The molecule has 0 aromatic heterocycles. The molecule has 0 saturated carbocycles. The van der Waals surface area contributed by atoms with E-state index >= 15 is 0 Å². The molecular formula is C20H30N2O5. The van der Waals surface area contributed by atoms with Crippen molar-refractivity contribution in [3.8, 4) is 0 Å². The van der Waals surface area contributed by atoms with Crippen LogP contribution in [0, 0.1) is 0 Å². The van der Waals surface area contributed by atoms with Gasteiger partial charge < -0.3 is 24.0 Å². The number of likely N-dealkylation sites (tertiary alicyclic amines) is 1. The number of likely N-dealkylation sites (N-methyl/N-ethyl adjacent to an activating group) is 1. The van der Waals surface area contributed by atoms with E-state index in [9.17, 15) is 9.59 Å². The lowest BCUT2D eigenvalue weighted by Gasteiger charge is -2.37. The lowest BCUT2D eigenvalue weighted by Crippen LogP contribution is -2.55. The van der Waals surface area contributed by atoms with Crippen molar-refractivity contribution in [2.75, 3.05) is 33.9 Å². The molecule has 2 amide bonds. The van der Waals surface area contributed by atoms with Crippen LogP contribution in [-0.2, 0) is 20.8 Å². The monoisotopic (exact) mass is 378 g/mol. The summed E-state index contributed by atoms with van der Waals surface area (Å²) in [5, 5.41) is 0. The Labute approximate surface area is 161 Å². The van der Waals surface area contributed by atoms with Gasteiger partial charge in [0.25, 0.3) is 0 Å². The molecule has 1 atom stereocenters. The molecule has 0 bridgehead atoms. The number of hydrogen-bond acceptors (Lipinski definition) is 5. The van der Waals surface area contributed by atoms with Gasteiger partial charge in [0, 0.05) is 27.2 Å². The van der Waals surface area contributed by atoms with Crippen LogP contribution < -0.4 is 0 Å². The van der Waals surface area contributed by atoms with Gasteiger partial charge in [-0.25, -0.2) is 9.59 Å². The first-order valence-electron chi connectivity index (χ1n) is 9.08. The van der Waals surface area contributed by atoms with Crippen LogP contribution in [0.15, 0.2) is 30.3 Å². The Morgan fingerprint density at radius 1 is 1.22 bits per heavy atom. The number of nitrogens with zero attached hydrogens (tertiary/aromatic N) is 2. The normalized spacial score (nSPS) is 19.7. The van der Waals surface area contributed by atoms with E-state index in [0.717, 1.165) is 5.56 Å². The van der Waals surface area contributed by atoms with Crippen LogP contribution in [0.1, 0.15) is 32.8 Å². The molecular weight excluding hydrogens is 348 g/mol. The maximum atomic E-state index is 12.6. The van der Waals surface area contributed by atoms with Crippen molar-refractivity contribution in [1.29, 1.82) is 0 Å². The van der Waals surface area contributed by atoms with Gasteiger partial charge in [-0.1, -0.05) is 30.3 Å². The highest BCUT2D eigenvalue weighted by Crippen LogP contribution is 2.29. The summed E-state index contributed by atoms with van der Waals surface area (Å²) in [7, 11) is 3.27. The Balaban J connectivity index is 2.02. The van der Waals surface area contributed by atoms with Gasteiger partial charge in [0.15, 0.2) is 0 Å². The number of methoxy groups -OCH3 is 1. The van der Waals surface area contributed by atoms with E-state index in [0.29, 0.717) is 26.1 Å². The second-order valence-corrected chi connectivity index (χ2v) is 7.91. The molecule has 1 aromatic rings. The Bertz CT molecular complexity index is 644. The fourth-order valence-electron chi connectivity index (χ4n) is 3.11. The molecule has 1 fully saturated rings. The van der Waals surface area contributed by atoms with Gasteiger partial charge in [0.05, 0.1) is 12.1 Å². The van der Waals surface area contributed by atoms with Crippen molar-refractivity contribution in [2.45, 2.75) is 44.9 Å². The molecule has 0 unspecified atom stereocenters. The molecule has 0 N–H and O–H groups in total. The minimum Gasteiger partial charge on any atom is -0.445 e. The zero-order valence-electron chi connectivity index (χ0n) is 16.9. The van der Waals surface area contributed by atoms with Crippen LogP contribution >= 0.6 is 0 Å². The molecule has 1 aliphatic rings. The lowest BCUT2D eigenvalue weighted by molar-refractivity contribution is 0.00765. The van der Waals surface area contributed by atoms with E-state index in [4.69, 9.17) is 14.2 Å². The summed E-state index contributed by atoms with van der Waals surface area (Å²) in [6, 6.07) is 9.51. The molecule has 1 heterocycles. The minimum absolute atomic E-state index is 0.197. The maximum absolute atomic E-state index is 12.6. The highest BCUT2D eigenvalue weighted by Gasteiger charge is 2.46. The predicted molar refractivity (Wildman–Crippen MR) is 101 cm³/mol. The van der Waals surface area contributed by atoms with Crippen LogP contribution in [0.25, 0.3) is 0 Å². The van der Waals surface area contributed by atoms with E-state index in [1.807, 2.05) is 51.1 Å². The second-order valence-electron chi connectivity index (χ2n) is 7.91. The third-order valence-electron chi connectivity index (χ3n) is 4.59. The van der Waals surface area contributed by atoms with Gasteiger partial charge in [-0.15, -0.1) is 0 Å². The topological polar surface area (TPSA) is 68.3 Å². The van der Waals surface area contributed by atoms with Crippen LogP contribution in [0.5, 0.6) is 0 Å². The summed E-state index contributed by atoms with van der Waals surface area (Å²) in [5.41, 5.74) is -0.286. The van der Waals surface area contributed by atoms with Crippen LogP contribution in [0.2, 0.25) is 0 Å². The fraction of sp³-hybridized carbons (Fsp3) is 0.600. The maximum Gasteiger partial charge on any atom is 0.410 e. The molecule has 7 heteroatoms. The number of ether oxygens (including phenoxy) is 3. The third kappa shape index (κ3) is 5.60. The minimum atomic E-state index is -0.639. The van der Waals surface area contributed by atoms with Crippen molar-refractivity contribution in [3.63, 3.8) is 0 Å². The Morgan fingerprint density at radius 3 is 2.48 bits per heavy atom. The fourth-order valence-corrected chi connectivity index (χ4v) is 3.11. The smallest absolute Gasteiger partial charge is 0.410 e. The van der Waals surface area contributed by atoms with E-state index in [2.05, 4.69) is 0 Å². The van der Waals surface area contributed by atoms with Gasteiger partial charge in [-0.2, -0.15) is 0 Å². The highest BCUT2D eigenvalue weighted by molar-refractivity contribution is 5.71. The largest absolute Gasteiger partial charge is 0.445 e. The number of rotatable bonds is 5. The van der Waals surface area contributed by atoms with Crippen LogP contribution in [0.4, 0.5) is 9.59 Å². The molecule has 1 aliphatic heterocycles. The van der Waals surface area contributed by atoms with E-state index in [1.54, 1.807) is 24.0 Å². The number of carbonyl (C=O) groups excluding carboxylic acids is 2. The summed E-state index contributed by atoms with van der Waals surface area (Å²) >= 11 is 0. The zero-order valence-corrected chi connectivity index (χ0v) is 16.9. The van der Waals surface area contributed by atoms with Gasteiger partial charge >= 0.3 is 12.2 Å². The molecule has 27 heavy (non-hydrogen) atoms. The summed E-state index contributed by atoms with van der Waals surface area (Å²) in [6.45, 7) is 6.83. The quantitative estimate of drug-likeness (QED) is 0.786. The molecule has 150 valence electrons. The Kier molecular flexibility index (Phi) is 6.70. The van der Waals surface area contributed by atoms with Gasteiger partial charge in [0.1, 0.15) is 12.2 Å². The average Bonchev–Trinajstić information content (AvgIpc) is 3.04. The second kappa shape index (κ2) is 8.61. The molecule has 1 saturated heterocycles. The molecule has 2 rings (SSSR count). The van der Waals surface area contributed by atoms with Crippen LogP contribution in [-0.4, -0.2) is 67.0 Å². The van der Waals surface area contributed by atoms with E-state index in [1.165, 1.54) is 0 Å². The van der Waals surface area contributed by atoms with Crippen molar-refractivity contribution >= 4 is 12.2 Å². The summed E-state index contributed by atoms with van der Waals surface area (Å²) < 4.78 is 16.3. The first-order valence-corrected chi connectivity index (χ1v) is 9.08. The number of benzene rings is 1. The highest BCUT2D eigenvalue weighted by atomic mass is 16.6. The average molecular weight is 378 g/mol. The number of hydrogen-bond donors (Lipinski definition) is 0. The zero-order chi connectivity index (χ0) is 20.1. The molecule has 0 spiro atoms. The summed E-state index contributed by atoms with van der Waals surface area (Å²) in [4.78, 5) is 28.1. The number of carbonyl (C=O) groups is 2. The van der Waals surface area contributed by atoms with Crippen LogP contribution in [0.3, 0.4) is 0 Å². The molecule has 0 radical (unpaired) electrons. The van der Waals surface area contributed by atoms with Gasteiger partial charge in [-0.3, -0.25) is 0 Å². The van der Waals surface area contributed by atoms with Crippen molar-refractivity contribution in [1.82, 2.24) is 9.80 Å². The first-order chi connectivity index (χ1) is 12.7. The van der Waals surface area contributed by atoms with Crippen molar-refractivity contribution in [3.05, 3.63) is 35.9 Å². The Morgan fingerprint density at radius 2 is 1.89 bits per heavy atom. The van der Waals surface area contributed by atoms with E-state index < -0.39 is 17.2 Å². The van der Waals surface area contributed by atoms with Gasteiger partial charge in [0.2, 0.25) is 0 Å². The number of amides is 2. The molecule has 7 nitrogen and oxygen atoms in total. The predicted octanol–water partition coefficient (Wildman–Crippen LogP) is 3.28. The summed E-state index contributed by atoms with van der Waals surface area (Å²) in [5.74, 6) is 0. The molecule has 0 aliphatic carbocycles. The standard InChI is InChI=1S/C20H30N2O5/c1-19(2,3)27-18(24)22-12-11-20(14-22,15-25-5)21(4)17(23)26-13-16-9-7-6-8-10-16/h6-10H,11-15H2,1-5H3/t20-/m0/s1. The lowest BCUT2D eigenvalue weighted by atomic mass is 9.98. The SMILES string of the molecule is COC[C@]1(N(C)C(=O)OCc2ccccc2)CCN(C(=O)OC(C)(C)C)C1. The van der Waals surface area contributed by atoms with E-state index in [-0.39, 0.29) is 12.7 Å². The third-order valence-corrected chi connectivity index (χ3v) is 4.59. The van der Waals surface area contributed by atoms with Crippen molar-refractivity contribution < 1.29 is 23.8 Å².